The van der Waals surface area contributed by atoms with Crippen LogP contribution in [0, 0.1) is 6.92 Å². The Kier molecular flexibility index (Phi) is 2.45. The number of nitrogens with two attached hydrogens (primary N) is 1. The Morgan fingerprint density at radius 2 is 2.06 bits per heavy atom. The van der Waals surface area contributed by atoms with Crippen LogP contribution in [0.1, 0.15) is 5.69 Å². The molecule has 3 aromatic rings. The zero-order chi connectivity index (χ0) is 12.7. The van der Waals surface area contributed by atoms with E-state index >= 15 is 0 Å². The highest BCUT2D eigenvalue weighted by molar-refractivity contribution is 6.29. The Bertz CT molecular complexity index is 716. The molecule has 90 valence electrons. The van der Waals surface area contributed by atoms with Crippen LogP contribution >= 0.6 is 11.6 Å². The van der Waals surface area contributed by atoms with Crippen molar-refractivity contribution in [2.45, 2.75) is 6.92 Å². The fraction of sp³-hybridized carbons (Fsp3) is 0.0769. The SMILES string of the molecule is Cc1nn(-c2ccc(Cl)nc2)c2ccc(N)cc12. The fourth-order valence-electron chi connectivity index (χ4n) is 1.98. The van der Waals surface area contributed by atoms with E-state index in [1.807, 2.05) is 35.9 Å². The number of hydrogen-bond acceptors (Lipinski definition) is 3. The van der Waals surface area contributed by atoms with Crippen LogP contribution in [0.4, 0.5) is 5.69 Å². The third-order valence-corrected chi connectivity index (χ3v) is 3.07. The van der Waals surface area contributed by atoms with Crippen molar-refractivity contribution in [2.24, 2.45) is 0 Å². The van der Waals surface area contributed by atoms with Crippen molar-refractivity contribution in [3.63, 3.8) is 0 Å². The van der Waals surface area contributed by atoms with Gasteiger partial charge in [-0.15, -0.1) is 0 Å². The lowest BCUT2D eigenvalue weighted by atomic mass is 10.2. The monoisotopic (exact) mass is 258 g/mol. The zero-order valence-electron chi connectivity index (χ0n) is 9.76. The van der Waals surface area contributed by atoms with Crippen molar-refractivity contribution in [2.75, 3.05) is 5.73 Å². The highest BCUT2D eigenvalue weighted by atomic mass is 35.5. The van der Waals surface area contributed by atoms with Crippen LogP contribution in [-0.4, -0.2) is 14.8 Å². The first-order chi connectivity index (χ1) is 8.65. The van der Waals surface area contributed by atoms with E-state index in [0.717, 1.165) is 28.0 Å². The molecule has 0 aliphatic carbocycles. The average Bonchev–Trinajstić information content (AvgIpc) is 2.68. The summed E-state index contributed by atoms with van der Waals surface area (Å²) in [6.07, 6.45) is 1.70. The molecule has 1 aromatic carbocycles. The summed E-state index contributed by atoms with van der Waals surface area (Å²) in [5.41, 5.74) is 9.35. The first-order valence-corrected chi connectivity index (χ1v) is 5.90. The summed E-state index contributed by atoms with van der Waals surface area (Å²) in [6.45, 7) is 1.96. The van der Waals surface area contributed by atoms with Crippen molar-refractivity contribution < 1.29 is 0 Å². The second kappa shape index (κ2) is 3.99. The van der Waals surface area contributed by atoms with Crippen LogP contribution in [0.25, 0.3) is 16.6 Å². The van der Waals surface area contributed by atoms with E-state index in [0.29, 0.717) is 5.15 Å². The maximum atomic E-state index is 5.79. The summed E-state index contributed by atoms with van der Waals surface area (Å²) < 4.78 is 1.84. The summed E-state index contributed by atoms with van der Waals surface area (Å²) in [4.78, 5) is 4.07. The van der Waals surface area contributed by atoms with Gasteiger partial charge in [-0.1, -0.05) is 11.6 Å². The van der Waals surface area contributed by atoms with Crippen molar-refractivity contribution in [3.8, 4) is 5.69 Å². The zero-order valence-corrected chi connectivity index (χ0v) is 10.5. The number of halogens is 1. The predicted molar refractivity (Wildman–Crippen MR) is 73.0 cm³/mol. The molecule has 0 unspecified atom stereocenters. The van der Waals surface area contributed by atoms with Gasteiger partial charge in [0, 0.05) is 11.1 Å². The standard InChI is InChI=1S/C13H11ClN4/c1-8-11-6-9(15)2-4-12(11)18(17-8)10-3-5-13(14)16-7-10/h2-7H,15H2,1H3. The van der Waals surface area contributed by atoms with Crippen LogP contribution in [0.2, 0.25) is 5.15 Å². The summed E-state index contributed by atoms with van der Waals surface area (Å²) in [7, 11) is 0. The molecule has 0 radical (unpaired) electrons. The number of benzene rings is 1. The quantitative estimate of drug-likeness (QED) is 0.539. The molecule has 0 aliphatic heterocycles. The number of nitrogen functional groups attached to an aromatic ring is 1. The first-order valence-electron chi connectivity index (χ1n) is 5.52. The molecule has 5 heteroatoms. The minimum absolute atomic E-state index is 0.469. The second-order valence-electron chi connectivity index (χ2n) is 4.11. The fourth-order valence-corrected chi connectivity index (χ4v) is 2.09. The molecule has 0 spiro atoms. The third kappa shape index (κ3) is 1.71. The molecule has 0 amide bonds. The molecule has 0 saturated carbocycles. The number of rotatable bonds is 1. The molecular weight excluding hydrogens is 248 g/mol. The molecular formula is C13H11ClN4. The molecule has 18 heavy (non-hydrogen) atoms. The minimum atomic E-state index is 0.469. The molecule has 2 N–H and O–H groups in total. The van der Waals surface area contributed by atoms with E-state index in [1.54, 1.807) is 12.3 Å². The Balaban J connectivity index is 2.26. The number of pyridine rings is 1. The number of anilines is 1. The summed E-state index contributed by atoms with van der Waals surface area (Å²) in [6, 6.07) is 9.38. The maximum absolute atomic E-state index is 5.79. The van der Waals surface area contributed by atoms with E-state index in [-0.39, 0.29) is 0 Å². The number of nitrogens with zero attached hydrogens (tertiary/aromatic N) is 3. The Morgan fingerprint density at radius 1 is 1.22 bits per heavy atom. The van der Waals surface area contributed by atoms with Gasteiger partial charge in [0.2, 0.25) is 0 Å². The molecule has 3 rings (SSSR count). The van der Waals surface area contributed by atoms with E-state index in [2.05, 4.69) is 10.1 Å². The van der Waals surface area contributed by atoms with Crippen LogP contribution in [0.3, 0.4) is 0 Å². The Labute approximate surface area is 109 Å². The van der Waals surface area contributed by atoms with Gasteiger partial charge < -0.3 is 5.73 Å². The van der Waals surface area contributed by atoms with Crippen molar-refractivity contribution in [1.29, 1.82) is 0 Å². The van der Waals surface area contributed by atoms with E-state index in [9.17, 15) is 0 Å². The van der Waals surface area contributed by atoms with Crippen LogP contribution in [0.5, 0.6) is 0 Å². The molecule has 0 bridgehead atoms. The molecule has 0 fully saturated rings. The van der Waals surface area contributed by atoms with E-state index in [1.165, 1.54) is 0 Å². The smallest absolute Gasteiger partial charge is 0.129 e. The Morgan fingerprint density at radius 3 is 2.78 bits per heavy atom. The van der Waals surface area contributed by atoms with Gasteiger partial charge in [0.25, 0.3) is 0 Å². The van der Waals surface area contributed by atoms with Gasteiger partial charge in [-0.05, 0) is 37.3 Å². The average molecular weight is 259 g/mol. The largest absolute Gasteiger partial charge is 0.399 e. The van der Waals surface area contributed by atoms with Gasteiger partial charge in [-0.3, -0.25) is 0 Å². The van der Waals surface area contributed by atoms with E-state index in [4.69, 9.17) is 17.3 Å². The number of aryl methyl sites for hydroxylation is 1. The maximum Gasteiger partial charge on any atom is 0.129 e. The van der Waals surface area contributed by atoms with Crippen molar-refractivity contribution >= 4 is 28.2 Å². The third-order valence-electron chi connectivity index (χ3n) is 2.84. The lowest BCUT2D eigenvalue weighted by Gasteiger charge is -2.03. The molecule has 4 nitrogen and oxygen atoms in total. The van der Waals surface area contributed by atoms with Crippen molar-refractivity contribution in [1.82, 2.24) is 14.8 Å². The highest BCUT2D eigenvalue weighted by Crippen LogP contribution is 2.23. The lowest BCUT2D eigenvalue weighted by Crippen LogP contribution is -1.97. The number of hydrogen-bond donors (Lipinski definition) is 1. The lowest BCUT2D eigenvalue weighted by molar-refractivity contribution is 0.883. The Hall–Kier alpha value is -2.07. The van der Waals surface area contributed by atoms with Gasteiger partial charge in [0.1, 0.15) is 5.15 Å². The second-order valence-corrected chi connectivity index (χ2v) is 4.50. The molecule has 2 heterocycles. The van der Waals surface area contributed by atoms with Crippen LogP contribution in [-0.2, 0) is 0 Å². The number of fused-ring (bicyclic) bond motifs is 1. The van der Waals surface area contributed by atoms with Gasteiger partial charge in [-0.25, -0.2) is 9.67 Å². The molecule has 0 saturated heterocycles. The van der Waals surface area contributed by atoms with Crippen LogP contribution in [0.15, 0.2) is 36.5 Å². The highest BCUT2D eigenvalue weighted by Gasteiger charge is 2.09. The summed E-state index contributed by atoms with van der Waals surface area (Å²) >= 11 is 5.79. The van der Waals surface area contributed by atoms with Gasteiger partial charge in [0.05, 0.1) is 23.1 Å². The minimum Gasteiger partial charge on any atom is -0.399 e. The molecule has 0 atom stereocenters. The molecule has 0 aliphatic rings. The van der Waals surface area contributed by atoms with Gasteiger partial charge in [0.15, 0.2) is 0 Å². The summed E-state index contributed by atoms with van der Waals surface area (Å²) in [5.74, 6) is 0. The van der Waals surface area contributed by atoms with Crippen molar-refractivity contribution in [3.05, 3.63) is 47.4 Å². The predicted octanol–water partition coefficient (Wildman–Crippen LogP) is 2.96. The topological polar surface area (TPSA) is 56.7 Å². The first kappa shape index (κ1) is 11.0. The van der Waals surface area contributed by atoms with Gasteiger partial charge in [-0.2, -0.15) is 5.10 Å². The van der Waals surface area contributed by atoms with Gasteiger partial charge >= 0.3 is 0 Å². The van der Waals surface area contributed by atoms with E-state index < -0.39 is 0 Å². The number of aromatic nitrogens is 3. The molecule has 2 aromatic heterocycles. The van der Waals surface area contributed by atoms with Crippen LogP contribution < -0.4 is 5.73 Å². The normalized spacial score (nSPS) is 11.0. The summed E-state index contributed by atoms with van der Waals surface area (Å²) in [5, 5.41) is 6.02.